The summed E-state index contributed by atoms with van der Waals surface area (Å²) in [5.41, 5.74) is 0. The summed E-state index contributed by atoms with van der Waals surface area (Å²) >= 11 is 0. The lowest BCUT2D eigenvalue weighted by Gasteiger charge is -2.33. The van der Waals surface area contributed by atoms with Gasteiger partial charge in [0.25, 0.3) is 0 Å². The smallest absolute Gasteiger partial charge is 0.383 e. The molecule has 0 atom stereocenters. The topological polar surface area (TPSA) is 41.6 Å². The van der Waals surface area contributed by atoms with E-state index < -0.39 is 12.1 Å². The van der Waals surface area contributed by atoms with Crippen molar-refractivity contribution in [2.45, 2.75) is 19.0 Å². The zero-order valence-electron chi connectivity index (χ0n) is 10.4. The summed E-state index contributed by atoms with van der Waals surface area (Å²) < 4.78 is 42.1. The second-order valence-corrected chi connectivity index (χ2v) is 4.37. The van der Waals surface area contributed by atoms with Crippen molar-refractivity contribution in [3.05, 3.63) is 0 Å². The van der Waals surface area contributed by atoms with E-state index in [9.17, 15) is 18.0 Å². The Labute approximate surface area is 104 Å². The SMILES string of the molecule is COCCNCC(=O)N1CCC(C(F)(F)F)CC1. The highest BCUT2D eigenvalue weighted by Gasteiger charge is 2.41. The number of carbonyl (C=O) groups excluding carboxylic acids is 1. The van der Waals surface area contributed by atoms with Crippen molar-refractivity contribution >= 4 is 5.91 Å². The van der Waals surface area contributed by atoms with Gasteiger partial charge >= 0.3 is 6.18 Å². The van der Waals surface area contributed by atoms with Gasteiger partial charge in [-0.3, -0.25) is 4.79 Å². The number of alkyl halides is 3. The largest absolute Gasteiger partial charge is 0.391 e. The third kappa shape index (κ3) is 4.81. The molecule has 0 aromatic heterocycles. The fourth-order valence-corrected chi connectivity index (χ4v) is 1.94. The van der Waals surface area contributed by atoms with Crippen molar-refractivity contribution in [3.63, 3.8) is 0 Å². The van der Waals surface area contributed by atoms with Gasteiger partial charge in [-0.15, -0.1) is 0 Å². The molecular formula is C11H19F3N2O2. The van der Waals surface area contributed by atoms with Gasteiger partial charge < -0.3 is 15.0 Å². The normalized spacial score (nSPS) is 18.1. The van der Waals surface area contributed by atoms with Crippen LogP contribution in [0.3, 0.4) is 0 Å². The second kappa shape index (κ2) is 6.94. The van der Waals surface area contributed by atoms with Crippen molar-refractivity contribution < 1.29 is 22.7 Å². The van der Waals surface area contributed by atoms with Crippen molar-refractivity contribution in [1.82, 2.24) is 10.2 Å². The van der Waals surface area contributed by atoms with E-state index in [1.165, 1.54) is 4.90 Å². The van der Waals surface area contributed by atoms with Gasteiger partial charge in [0.2, 0.25) is 5.91 Å². The van der Waals surface area contributed by atoms with Gasteiger partial charge in [0.05, 0.1) is 19.1 Å². The second-order valence-electron chi connectivity index (χ2n) is 4.37. The first-order valence-corrected chi connectivity index (χ1v) is 5.99. The first kappa shape index (κ1) is 15.2. The molecule has 18 heavy (non-hydrogen) atoms. The maximum absolute atomic E-state index is 12.4. The number of nitrogens with one attached hydrogen (secondary N) is 1. The summed E-state index contributed by atoms with van der Waals surface area (Å²) in [7, 11) is 1.56. The molecular weight excluding hydrogens is 249 g/mol. The number of ether oxygens (including phenoxy) is 1. The molecule has 0 aromatic rings. The first-order valence-electron chi connectivity index (χ1n) is 5.99. The lowest BCUT2D eigenvalue weighted by Crippen LogP contribution is -2.45. The molecule has 1 rings (SSSR count). The number of carbonyl (C=O) groups is 1. The third-order valence-corrected chi connectivity index (χ3v) is 3.07. The maximum atomic E-state index is 12.4. The summed E-state index contributed by atoms with van der Waals surface area (Å²) in [6.07, 6.45) is -4.12. The highest BCUT2D eigenvalue weighted by molar-refractivity contribution is 5.78. The Kier molecular flexibility index (Phi) is 5.87. The Balaban J connectivity index is 2.23. The van der Waals surface area contributed by atoms with Crippen LogP contribution in [0.4, 0.5) is 13.2 Å². The molecule has 0 spiro atoms. The number of methoxy groups -OCH3 is 1. The zero-order valence-corrected chi connectivity index (χ0v) is 10.4. The molecule has 1 saturated heterocycles. The number of hydrogen-bond acceptors (Lipinski definition) is 3. The quantitative estimate of drug-likeness (QED) is 0.757. The Bertz CT molecular complexity index is 264. The number of piperidine rings is 1. The Hall–Kier alpha value is -0.820. The Morgan fingerprint density at radius 1 is 1.39 bits per heavy atom. The number of amides is 1. The van der Waals surface area contributed by atoms with E-state index in [0.717, 1.165) is 0 Å². The molecule has 0 radical (unpaired) electrons. The van der Waals surface area contributed by atoms with Gasteiger partial charge in [0.15, 0.2) is 0 Å². The van der Waals surface area contributed by atoms with E-state index in [1.807, 2.05) is 0 Å². The van der Waals surface area contributed by atoms with E-state index in [0.29, 0.717) is 13.2 Å². The lowest BCUT2D eigenvalue weighted by atomic mass is 9.96. The van der Waals surface area contributed by atoms with Crippen molar-refractivity contribution in [2.75, 3.05) is 39.9 Å². The van der Waals surface area contributed by atoms with E-state index in [2.05, 4.69) is 5.32 Å². The van der Waals surface area contributed by atoms with Gasteiger partial charge in [-0.05, 0) is 12.8 Å². The molecule has 0 saturated carbocycles. The van der Waals surface area contributed by atoms with Crippen LogP contribution in [0.15, 0.2) is 0 Å². The van der Waals surface area contributed by atoms with E-state index in [-0.39, 0.29) is 38.4 Å². The molecule has 1 fully saturated rings. The van der Waals surface area contributed by atoms with Crippen molar-refractivity contribution in [2.24, 2.45) is 5.92 Å². The molecule has 0 bridgehead atoms. The number of likely N-dealkylation sites (tertiary alicyclic amines) is 1. The van der Waals surface area contributed by atoms with Gasteiger partial charge in [0.1, 0.15) is 0 Å². The van der Waals surface area contributed by atoms with E-state index in [1.54, 1.807) is 7.11 Å². The Morgan fingerprint density at radius 2 is 2.00 bits per heavy atom. The van der Waals surface area contributed by atoms with Crippen LogP contribution in [0.5, 0.6) is 0 Å². The molecule has 0 unspecified atom stereocenters. The molecule has 1 aliphatic heterocycles. The number of hydrogen-bond donors (Lipinski definition) is 1. The molecule has 4 nitrogen and oxygen atoms in total. The minimum absolute atomic E-state index is 0.00725. The summed E-state index contributed by atoms with van der Waals surface area (Å²) in [4.78, 5) is 13.1. The third-order valence-electron chi connectivity index (χ3n) is 3.07. The lowest BCUT2D eigenvalue weighted by molar-refractivity contribution is -0.186. The molecule has 1 aliphatic rings. The van der Waals surface area contributed by atoms with Crippen LogP contribution in [0, 0.1) is 5.92 Å². The fourth-order valence-electron chi connectivity index (χ4n) is 1.94. The van der Waals surface area contributed by atoms with E-state index in [4.69, 9.17) is 4.74 Å². The zero-order chi connectivity index (χ0) is 13.6. The monoisotopic (exact) mass is 268 g/mol. The van der Waals surface area contributed by atoms with Crippen LogP contribution in [0.25, 0.3) is 0 Å². The molecule has 106 valence electrons. The summed E-state index contributed by atoms with van der Waals surface area (Å²) in [5.74, 6) is -1.41. The van der Waals surface area contributed by atoms with E-state index >= 15 is 0 Å². The highest BCUT2D eigenvalue weighted by atomic mass is 19.4. The molecule has 0 aromatic carbocycles. The average Bonchev–Trinajstić information content (AvgIpc) is 2.33. The number of nitrogens with zero attached hydrogens (tertiary/aromatic N) is 1. The number of rotatable bonds is 5. The van der Waals surface area contributed by atoms with Gasteiger partial charge in [0, 0.05) is 26.7 Å². The summed E-state index contributed by atoms with van der Waals surface area (Å²) in [6, 6.07) is 0. The van der Waals surface area contributed by atoms with Crippen LogP contribution >= 0.6 is 0 Å². The molecule has 1 heterocycles. The van der Waals surface area contributed by atoms with Crippen LogP contribution in [0.2, 0.25) is 0 Å². The first-order chi connectivity index (χ1) is 8.45. The minimum atomic E-state index is -4.13. The van der Waals surface area contributed by atoms with Crippen LogP contribution in [-0.4, -0.2) is 56.9 Å². The van der Waals surface area contributed by atoms with Crippen molar-refractivity contribution in [3.8, 4) is 0 Å². The Morgan fingerprint density at radius 3 is 2.50 bits per heavy atom. The summed E-state index contributed by atoms with van der Waals surface area (Å²) in [6.45, 7) is 1.59. The minimum Gasteiger partial charge on any atom is -0.383 e. The van der Waals surface area contributed by atoms with Gasteiger partial charge in [-0.2, -0.15) is 13.2 Å². The number of halogens is 3. The maximum Gasteiger partial charge on any atom is 0.391 e. The average molecular weight is 268 g/mol. The standard InChI is InChI=1S/C11H19F3N2O2/c1-18-7-4-15-8-10(17)16-5-2-9(3-6-16)11(12,13)14/h9,15H,2-8H2,1H3. The molecule has 0 aliphatic carbocycles. The summed E-state index contributed by atoms with van der Waals surface area (Å²) in [5, 5.41) is 2.89. The highest BCUT2D eigenvalue weighted by Crippen LogP contribution is 2.33. The fraction of sp³-hybridized carbons (Fsp3) is 0.909. The molecule has 1 N–H and O–H groups in total. The predicted octanol–water partition coefficient (Wildman–Crippen LogP) is 1.02. The van der Waals surface area contributed by atoms with Gasteiger partial charge in [-0.25, -0.2) is 0 Å². The molecule has 1 amide bonds. The van der Waals surface area contributed by atoms with Crippen LogP contribution < -0.4 is 5.32 Å². The molecule has 7 heteroatoms. The predicted molar refractivity (Wildman–Crippen MR) is 60.1 cm³/mol. The van der Waals surface area contributed by atoms with Gasteiger partial charge in [-0.1, -0.05) is 0 Å². The van der Waals surface area contributed by atoms with Crippen LogP contribution in [-0.2, 0) is 9.53 Å². The van der Waals surface area contributed by atoms with Crippen molar-refractivity contribution in [1.29, 1.82) is 0 Å². The van der Waals surface area contributed by atoms with Crippen LogP contribution in [0.1, 0.15) is 12.8 Å².